The van der Waals surface area contributed by atoms with Gasteiger partial charge in [-0.15, -0.1) is 10.2 Å². The number of anilines is 1. The molecule has 3 aliphatic rings. The highest BCUT2D eigenvalue weighted by atomic mass is 32.2. The molecule has 6 rings (SSSR count). The minimum Gasteiger partial charge on any atom is -0.365 e. The number of sulfonamides is 1. The first-order valence-electron chi connectivity index (χ1n) is 13.6. The number of imidazole rings is 1. The Labute approximate surface area is 241 Å². The number of nitrogens with zero attached hydrogens (tertiary/aromatic N) is 6. The Bertz CT molecular complexity index is 1630. The highest BCUT2D eigenvalue weighted by Crippen LogP contribution is 2.46. The fraction of sp³-hybridized carbons (Fsp3) is 0.615. The summed E-state index contributed by atoms with van der Waals surface area (Å²) in [5, 5.41) is 11.0. The van der Waals surface area contributed by atoms with Crippen molar-refractivity contribution in [1.29, 1.82) is 0 Å². The molecule has 2 saturated carbocycles. The van der Waals surface area contributed by atoms with Crippen LogP contribution in [0.4, 0.5) is 14.5 Å². The number of likely N-dealkylation sites (N-methyl/N-ethyl adjacent to an activating group) is 1. The molecule has 41 heavy (non-hydrogen) atoms. The lowest BCUT2D eigenvalue weighted by atomic mass is 9.97. The quantitative estimate of drug-likeness (QED) is 0.400. The Balaban J connectivity index is 1.56. The number of carbonyl (C=O) groups is 1. The maximum Gasteiger partial charge on any atom is 0.291 e. The minimum atomic E-state index is -3.95. The van der Waals surface area contributed by atoms with Crippen molar-refractivity contribution in [2.45, 2.75) is 80.8 Å². The molecule has 0 radical (unpaired) electrons. The molecular formula is C26H34F2N8O3S2. The average molecular weight is 609 g/mol. The van der Waals surface area contributed by atoms with Crippen molar-refractivity contribution in [2.24, 2.45) is 0 Å². The molecule has 1 aliphatic heterocycles. The van der Waals surface area contributed by atoms with Gasteiger partial charge in [0.15, 0.2) is 15.7 Å². The summed E-state index contributed by atoms with van der Waals surface area (Å²) in [5.74, 6) is 0.0183. The maximum atomic E-state index is 13.7. The monoisotopic (exact) mass is 608 g/mol. The number of halogens is 2. The van der Waals surface area contributed by atoms with Crippen molar-refractivity contribution in [2.75, 3.05) is 32.1 Å². The highest BCUT2D eigenvalue weighted by Gasteiger charge is 2.43. The number of pyridine rings is 1. The summed E-state index contributed by atoms with van der Waals surface area (Å²) in [5.41, 5.74) is 1.22. The topological polar surface area (TPSA) is 125 Å². The second-order valence-electron chi connectivity index (χ2n) is 12.5. The number of amides is 1. The Kier molecular flexibility index (Phi) is 6.67. The van der Waals surface area contributed by atoms with Crippen molar-refractivity contribution in [3.05, 3.63) is 23.0 Å². The third-order valence-corrected chi connectivity index (χ3v) is 10.4. The molecule has 15 heteroatoms. The number of alkyl halides is 2. The van der Waals surface area contributed by atoms with Crippen LogP contribution in [0.3, 0.4) is 0 Å². The van der Waals surface area contributed by atoms with Crippen LogP contribution in [0.1, 0.15) is 69.5 Å². The molecular weight excluding hydrogens is 574 g/mol. The Morgan fingerprint density at radius 1 is 1.22 bits per heavy atom. The fourth-order valence-electron chi connectivity index (χ4n) is 5.41. The Morgan fingerprint density at radius 2 is 1.93 bits per heavy atom. The van der Waals surface area contributed by atoms with Gasteiger partial charge in [0.1, 0.15) is 16.6 Å². The summed E-state index contributed by atoms with van der Waals surface area (Å²) in [6.07, 6.45) is 1.99. The zero-order chi connectivity index (χ0) is 29.5. The van der Waals surface area contributed by atoms with Crippen LogP contribution in [0, 0.1) is 0 Å². The second kappa shape index (κ2) is 9.64. The largest absolute Gasteiger partial charge is 0.365 e. The van der Waals surface area contributed by atoms with E-state index in [0.29, 0.717) is 35.8 Å². The number of fused-ring (bicyclic) bond motifs is 1. The predicted octanol–water partition coefficient (Wildman–Crippen LogP) is 3.14. The van der Waals surface area contributed by atoms with Crippen molar-refractivity contribution < 1.29 is 22.0 Å². The van der Waals surface area contributed by atoms with Gasteiger partial charge in [-0.25, -0.2) is 26.9 Å². The van der Waals surface area contributed by atoms with Gasteiger partial charge in [0.05, 0.1) is 11.4 Å². The van der Waals surface area contributed by atoms with E-state index in [1.807, 2.05) is 25.7 Å². The van der Waals surface area contributed by atoms with E-state index in [0.717, 1.165) is 37.0 Å². The number of aromatic nitrogens is 4. The van der Waals surface area contributed by atoms with Crippen LogP contribution < -0.4 is 14.9 Å². The average Bonchev–Trinajstić information content (AvgIpc) is 3.76. The van der Waals surface area contributed by atoms with Crippen molar-refractivity contribution in [3.8, 4) is 10.7 Å². The van der Waals surface area contributed by atoms with Gasteiger partial charge in [0.2, 0.25) is 15.9 Å². The maximum absolute atomic E-state index is 13.7. The summed E-state index contributed by atoms with van der Waals surface area (Å²) in [6.45, 7) is 6.61. The molecule has 1 atom stereocenters. The molecule has 4 heterocycles. The van der Waals surface area contributed by atoms with Gasteiger partial charge in [-0.1, -0.05) is 11.3 Å². The summed E-state index contributed by atoms with van der Waals surface area (Å²) < 4.78 is 58.8. The standard InChI is InChI=1S/C26H34F2N8O3S2/c1-25(2)13-35(12-16(30-25)24(37)34(4)5)17-10-15(41(38,39)33-26(3)8-9-26)11-36-19(18(14-6-7-14)29-21(17)36)22-31-32-23(40-22)20(27)28/h10-11,14,16,20,30,33H,6-9,12-13H2,1-5H3/t16-/m0/s1. The molecule has 3 fully saturated rings. The van der Waals surface area contributed by atoms with E-state index in [9.17, 15) is 22.0 Å². The molecule has 0 spiro atoms. The first-order valence-corrected chi connectivity index (χ1v) is 15.9. The van der Waals surface area contributed by atoms with E-state index in [4.69, 9.17) is 4.98 Å². The molecule has 0 aromatic carbocycles. The third-order valence-electron chi connectivity index (χ3n) is 7.82. The van der Waals surface area contributed by atoms with E-state index < -0.39 is 38.6 Å². The Hall–Kier alpha value is -2.75. The van der Waals surface area contributed by atoms with E-state index in [2.05, 4.69) is 20.2 Å². The van der Waals surface area contributed by atoms with E-state index >= 15 is 0 Å². The van der Waals surface area contributed by atoms with Gasteiger partial charge in [0, 0.05) is 50.4 Å². The summed E-state index contributed by atoms with van der Waals surface area (Å²) in [7, 11) is -0.555. The van der Waals surface area contributed by atoms with Crippen LogP contribution in [0.5, 0.6) is 0 Å². The number of rotatable bonds is 8. The van der Waals surface area contributed by atoms with Crippen LogP contribution in [0.25, 0.3) is 16.3 Å². The molecule has 2 N–H and O–H groups in total. The highest BCUT2D eigenvalue weighted by molar-refractivity contribution is 7.89. The van der Waals surface area contributed by atoms with E-state index in [1.165, 1.54) is 11.1 Å². The summed E-state index contributed by atoms with van der Waals surface area (Å²) in [6, 6.07) is 1.08. The van der Waals surface area contributed by atoms with Crippen LogP contribution in [-0.2, 0) is 14.8 Å². The van der Waals surface area contributed by atoms with Gasteiger partial charge in [-0.2, -0.15) is 0 Å². The smallest absolute Gasteiger partial charge is 0.291 e. The first kappa shape index (κ1) is 28.4. The second-order valence-corrected chi connectivity index (χ2v) is 15.2. The normalized spacial score (nSPS) is 22.0. The Morgan fingerprint density at radius 3 is 2.51 bits per heavy atom. The van der Waals surface area contributed by atoms with Gasteiger partial charge in [0.25, 0.3) is 6.43 Å². The summed E-state index contributed by atoms with van der Waals surface area (Å²) in [4.78, 5) is 21.6. The van der Waals surface area contributed by atoms with Crippen LogP contribution in [0.15, 0.2) is 17.2 Å². The molecule has 11 nitrogen and oxygen atoms in total. The lowest BCUT2D eigenvalue weighted by molar-refractivity contribution is -0.131. The molecule has 1 saturated heterocycles. The van der Waals surface area contributed by atoms with E-state index in [-0.39, 0.29) is 21.7 Å². The number of nitrogens with one attached hydrogen (secondary N) is 2. The SMILES string of the molecule is CN(C)C(=O)[C@@H]1CN(c2cc(S(=O)(=O)NC3(C)CC3)cn3c(-c4nnc(C(F)F)s4)c(C4CC4)nc23)CC(C)(C)N1. The summed E-state index contributed by atoms with van der Waals surface area (Å²) >= 11 is 0.783. The van der Waals surface area contributed by atoms with E-state index in [1.54, 1.807) is 24.6 Å². The number of piperazine rings is 1. The molecule has 0 bridgehead atoms. The fourth-order valence-corrected chi connectivity index (χ4v) is 7.64. The molecule has 3 aromatic heterocycles. The molecule has 1 amide bonds. The molecule has 2 aliphatic carbocycles. The zero-order valence-electron chi connectivity index (χ0n) is 23.6. The lowest BCUT2D eigenvalue weighted by Crippen LogP contribution is -2.66. The van der Waals surface area contributed by atoms with Crippen LogP contribution >= 0.6 is 11.3 Å². The first-order chi connectivity index (χ1) is 19.2. The van der Waals surface area contributed by atoms with Crippen LogP contribution in [0.2, 0.25) is 0 Å². The van der Waals surface area contributed by atoms with Gasteiger partial charge in [-0.3, -0.25) is 14.5 Å². The zero-order valence-corrected chi connectivity index (χ0v) is 25.2. The van der Waals surface area contributed by atoms with Gasteiger partial charge in [-0.05, 0) is 52.5 Å². The molecule has 222 valence electrons. The van der Waals surface area contributed by atoms with Gasteiger partial charge < -0.3 is 9.80 Å². The van der Waals surface area contributed by atoms with Gasteiger partial charge >= 0.3 is 0 Å². The predicted molar refractivity (Wildman–Crippen MR) is 151 cm³/mol. The van der Waals surface area contributed by atoms with Crippen molar-refractivity contribution >= 4 is 38.6 Å². The molecule has 3 aromatic rings. The number of carbonyl (C=O) groups excluding carboxylic acids is 1. The number of hydrogen-bond donors (Lipinski definition) is 2. The molecule has 0 unspecified atom stereocenters. The number of hydrogen-bond acceptors (Lipinski definition) is 9. The van der Waals surface area contributed by atoms with Crippen molar-refractivity contribution in [3.63, 3.8) is 0 Å². The third kappa shape index (κ3) is 5.44. The minimum absolute atomic E-state index is 0.0274. The van der Waals surface area contributed by atoms with Crippen LogP contribution in [-0.4, -0.2) is 83.1 Å². The van der Waals surface area contributed by atoms with Crippen molar-refractivity contribution in [1.82, 2.24) is 34.5 Å². The lowest BCUT2D eigenvalue weighted by Gasteiger charge is -2.44.